The van der Waals surface area contributed by atoms with Gasteiger partial charge in [-0.05, 0) is 25.7 Å². The summed E-state index contributed by atoms with van der Waals surface area (Å²) in [5.41, 5.74) is 15.8. The number of ether oxygens (including phenoxy) is 1. The molecule has 0 bridgehead atoms. The number of carbonyl (C=O) groups excluding carboxylic acids is 2. The molecule has 96 valence electrons. The van der Waals surface area contributed by atoms with Crippen molar-refractivity contribution in [2.24, 2.45) is 28.1 Å². The molecule has 7 heteroatoms. The van der Waals surface area contributed by atoms with Gasteiger partial charge in [0.2, 0.25) is 0 Å². The molecule has 0 aliphatic heterocycles. The van der Waals surface area contributed by atoms with Gasteiger partial charge in [-0.3, -0.25) is 9.79 Å². The number of esters is 2. The predicted octanol–water partition coefficient (Wildman–Crippen LogP) is -1.15. The quantitative estimate of drug-likeness (QED) is 0.177. The molecule has 0 saturated heterocycles. The minimum atomic E-state index is -0.799. The van der Waals surface area contributed by atoms with Crippen molar-refractivity contribution in [3.63, 3.8) is 0 Å². The summed E-state index contributed by atoms with van der Waals surface area (Å²) in [6.07, 6.45) is 2.54. The number of nitrogens with two attached hydrogens (primary N) is 3. The molecule has 0 aromatic rings. The minimum absolute atomic E-state index is 0.00468. The molecular weight excluding hydrogens is 224 g/mol. The second-order valence-corrected chi connectivity index (χ2v) is 4.07. The molecular formula is C10H18N4O3. The lowest BCUT2D eigenvalue weighted by atomic mass is 10.2. The lowest BCUT2D eigenvalue weighted by molar-refractivity contribution is -0.161. The highest BCUT2D eigenvalue weighted by molar-refractivity contribution is 5.90. The van der Waals surface area contributed by atoms with E-state index in [-0.39, 0.29) is 11.9 Å². The Morgan fingerprint density at radius 2 is 2.00 bits per heavy atom. The standard InChI is InChI=1S/C10H18N4O3/c11-7(2-1-5-14-10(12)13)9(16)17-8(15)6-3-4-6/h6-7H,1-5,11H2,(H4,12,13,14)/t7-/m0/s1. The summed E-state index contributed by atoms with van der Waals surface area (Å²) in [5.74, 6) is -1.24. The summed E-state index contributed by atoms with van der Waals surface area (Å²) in [4.78, 5) is 26.3. The maximum Gasteiger partial charge on any atom is 0.330 e. The van der Waals surface area contributed by atoms with Gasteiger partial charge in [0.25, 0.3) is 0 Å². The Bertz CT molecular complexity index is 322. The Kier molecular flexibility index (Phi) is 4.89. The van der Waals surface area contributed by atoms with Gasteiger partial charge in [-0.1, -0.05) is 0 Å². The minimum Gasteiger partial charge on any atom is -0.392 e. The van der Waals surface area contributed by atoms with E-state index in [0.717, 1.165) is 12.8 Å². The number of hydrogen-bond acceptors (Lipinski definition) is 5. The third-order valence-electron chi connectivity index (χ3n) is 2.38. The second kappa shape index (κ2) is 6.19. The number of aliphatic imine (C=N–C) groups is 1. The molecule has 0 spiro atoms. The molecule has 1 rings (SSSR count). The average Bonchev–Trinajstić information content (AvgIpc) is 3.07. The van der Waals surface area contributed by atoms with Crippen LogP contribution in [0, 0.1) is 5.92 Å². The second-order valence-electron chi connectivity index (χ2n) is 4.07. The Morgan fingerprint density at radius 3 is 2.53 bits per heavy atom. The van der Waals surface area contributed by atoms with Crippen LogP contribution >= 0.6 is 0 Å². The van der Waals surface area contributed by atoms with Crippen molar-refractivity contribution < 1.29 is 14.3 Å². The molecule has 0 amide bonds. The predicted molar refractivity (Wildman–Crippen MR) is 61.7 cm³/mol. The fraction of sp³-hybridized carbons (Fsp3) is 0.700. The van der Waals surface area contributed by atoms with Crippen LogP contribution in [0.15, 0.2) is 4.99 Å². The van der Waals surface area contributed by atoms with Crippen molar-refractivity contribution in [2.45, 2.75) is 31.7 Å². The van der Waals surface area contributed by atoms with E-state index in [0.29, 0.717) is 19.4 Å². The van der Waals surface area contributed by atoms with Gasteiger partial charge >= 0.3 is 11.9 Å². The number of rotatable bonds is 6. The summed E-state index contributed by atoms with van der Waals surface area (Å²) >= 11 is 0. The van der Waals surface area contributed by atoms with Crippen molar-refractivity contribution in [1.82, 2.24) is 0 Å². The Hall–Kier alpha value is -1.63. The van der Waals surface area contributed by atoms with Gasteiger partial charge in [0.15, 0.2) is 5.96 Å². The highest BCUT2D eigenvalue weighted by Crippen LogP contribution is 2.30. The van der Waals surface area contributed by atoms with Gasteiger partial charge < -0.3 is 21.9 Å². The molecule has 1 aliphatic carbocycles. The van der Waals surface area contributed by atoms with Crippen molar-refractivity contribution in [2.75, 3.05) is 6.54 Å². The largest absolute Gasteiger partial charge is 0.392 e. The van der Waals surface area contributed by atoms with Crippen LogP contribution in [0.4, 0.5) is 0 Å². The van der Waals surface area contributed by atoms with E-state index >= 15 is 0 Å². The van der Waals surface area contributed by atoms with E-state index in [1.54, 1.807) is 0 Å². The normalized spacial score (nSPS) is 16.1. The van der Waals surface area contributed by atoms with E-state index in [1.807, 2.05) is 0 Å². The number of guanidine groups is 1. The SMILES string of the molecule is NC(N)=NCCC[C@H](N)C(=O)OC(=O)C1CC1. The van der Waals surface area contributed by atoms with Crippen LogP contribution in [-0.2, 0) is 14.3 Å². The molecule has 6 N–H and O–H groups in total. The monoisotopic (exact) mass is 242 g/mol. The van der Waals surface area contributed by atoms with Gasteiger partial charge in [0.05, 0.1) is 5.92 Å². The molecule has 1 aliphatic rings. The van der Waals surface area contributed by atoms with E-state index < -0.39 is 18.0 Å². The molecule has 0 heterocycles. The Morgan fingerprint density at radius 1 is 1.35 bits per heavy atom. The fourth-order valence-electron chi connectivity index (χ4n) is 1.21. The molecule has 7 nitrogen and oxygen atoms in total. The topological polar surface area (TPSA) is 134 Å². The lowest BCUT2D eigenvalue weighted by Crippen LogP contribution is -2.34. The average molecular weight is 242 g/mol. The fourth-order valence-corrected chi connectivity index (χ4v) is 1.21. The van der Waals surface area contributed by atoms with E-state index in [2.05, 4.69) is 9.73 Å². The first-order valence-corrected chi connectivity index (χ1v) is 5.57. The zero-order chi connectivity index (χ0) is 12.8. The van der Waals surface area contributed by atoms with Gasteiger partial charge in [-0.25, -0.2) is 4.79 Å². The maximum absolute atomic E-state index is 11.4. The Labute approximate surface area is 99.4 Å². The van der Waals surface area contributed by atoms with Gasteiger partial charge in [-0.2, -0.15) is 0 Å². The Balaban J connectivity index is 2.17. The van der Waals surface area contributed by atoms with E-state index in [4.69, 9.17) is 17.2 Å². The van der Waals surface area contributed by atoms with E-state index in [1.165, 1.54) is 0 Å². The number of carbonyl (C=O) groups is 2. The summed E-state index contributed by atoms with van der Waals surface area (Å²) in [5, 5.41) is 0. The van der Waals surface area contributed by atoms with Crippen LogP contribution in [0.25, 0.3) is 0 Å². The molecule has 0 radical (unpaired) electrons. The summed E-state index contributed by atoms with van der Waals surface area (Å²) in [6, 6.07) is -0.799. The lowest BCUT2D eigenvalue weighted by Gasteiger charge is -2.09. The zero-order valence-electron chi connectivity index (χ0n) is 9.59. The highest BCUT2D eigenvalue weighted by atomic mass is 16.6. The van der Waals surface area contributed by atoms with Crippen LogP contribution in [0.1, 0.15) is 25.7 Å². The molecule has 17 heavy (non-hydrogen) atoms. The van der Waals surface area contributed by atoms with Crippen molar-refractivity contribution in [3.05, 3.63) is 0 Å². The third kappa shape index (κ3) is 5.30. The highest BCUT2D eigenvalue weighted by Gasteiger charge is 2.33. The van der Waals surface area contributed by atoms with Crippen LogP contribution in [0.2, 0.25) is 0 Å². The molecule has 1 fully saturated rings. The molecule has 1 saturated carbocycles. The number of hydrogen-bond donors (Lipinski definition) is 3. The van der Waals surface area contributed by atoms with Crippen molar-refractivity contribution >= 4 is 17.9 Å². The van der Waals surface area contributed by atoms with Gasteiger partial charge in [0, 0.05) is 6.54 Å². The van der Waals surface area contributed by atoms with E-state index in [9.17, 15) is 9.59 Å². The molecule has 0 aromatic carbocycles. The van der Waals surface area contributed by atoms with Gasteiger partial charge in [0.1, 0.15) is 6.04 Å². The summed E-state index contributed by atoms with van der Waals surface area (Å²) in [7, 11) is 0. The molecule has 1 atom stereocenters. The first kappa shape index (κ1) is 13.4. The van der Waals surface area contributed by atoms with Crippen LogP contribution in [0.5, 0.6) is 0 Å². The first-order valence-electron chi connectivity index (χ1n) is 5.57. The molecule has 0 unspecified atom stereocenters. The van der Waals surface area contributed by atoms with Crippen molar-refractivity contribution in [3.8, 4) is 0 Å². The third-order valence-corrected chi connectivity index (χ3v) is 2.38. The molecule has 0 aromatic heterocycles. The van der Waals surface area contributed by atoms with Crippen molar-refractivity contribution in [1.29, 1.82) is 0 Å². The summed E-state index contributed by atoms with van der Waals surface area (Å²) in [6.45, 7) is 0.403. The number of nitrogens with zero attached hydrogens (tertiary/aromatic N) is 1. The van der Waals surface area contributed by atoms with Crippen LogP contribution in [-0.4, -0.2) is 30.5 Å². The summed E-state index contributed by atoms with van der Waals surface area (Å²) < 4.78 is 4.63. The van der Waals surface area contributed by atoms with Gasteiger partial charge in [-0.15, -0.1) is 0 Å². The zero-order valence-corrected chi connectivity index (χ0v) is 9.59. The first-order chi connectivity index (χ1) is 8.00. The maximum atomic E-state index is 11.4. The van der Waals surface area contributed by atoms with Crippen LogP contribution in [0.3, 0.4) is 0 Å². The smallest absolute Gasteiger partial charge is 0.330 e. The van der Waals surface area contributed by atoms with Crippen LogP contribution < -0.4 is 17.2 Å².